The van der Waals surface area contributed by atoms with Gasteiger partial charge in [0.1, 0.15) is 0 Å². The van der Waals surface area contributed by atoms with Crippen LogP contribution in [0.5, 0.6) is 0 Å². The van der Waals surface area contributed by atoms with Gasteiger partial charge in [-0.05, 0) is 44.3 Å². The zero-order valence-corrected chi connectivity index (χ0v) is 17.2. The number of rotatable bonds is 16. The lowest BCUT2D eigenvalue weighted by atomic mass is 10.1. The number of halogens is 1. The van der Waals surface area contributed by atoms with Gasteiger partial charge in [-0.25, -0.2) is 0 Å². The van der Waals surface area contributed by atoms with Gasteiger partial charge >= 0.3 is 0 Å². The molecule has 3 heteroatoms. The van der Waals surface area contributed by atoms with Gasteiger partial charge in [0.2, 0.25) is 0 Å². The van der Waals surface area contributed by atoms with Gasteiger partial charge in [0.05, 0.1) is 26.2 Å². The second-order valence-electron chi connectivity index (χ2n) is 6.79. The summed E-state index contributed by atoms with van der Waals surface area (Å²) in [6.45, 7) is 12.7. The Labute approximate surface area is 153 Å². The van der Waals surface area contributed by atoms with Gasteiger partial charge in [-0.1, -0.05) is 52.9 Å². The van der Waals surface area contributed by atoms with Gasteiger partial charge in [0.15, 0.2) is 0 Å². The first-order chi connectivity index (χ1) is 10.2. The maximum absolute atomic E-state index is 4.27. The van der Waals surface area contributed by atoms with Crippen molar-refractivity contribution in [3.05, 3.63) is 0 Å². The summed E-state index contributed by atoms with van der Waals surface area (Å²) in [4.78, 5) is 0. The minimum Gasteiger partial charge on any atom is -1.00 e. The smallest absolute Gasteiger partial charge is 0.0786 e. The molecule has 0 saturated carbocycles. The molecule has 0 aliphatic rings. The van der Waals surface area contributed by atoms with Crippen molar-refractivity contribution in [1.29, 1.82) is 0 Å². The van der Waals surface area contributed by atoms with Gasteiger partial charge in [0, 0.05) is 0 Å². The summed E-state index contributed by atoms with van der Waals surface area (Å²) in [7, 11) is 0. The quantitative estimate of drug-likeness (QED) is 0.246. The van der Waals surface area contributed by atoms with Crippen LogP contribution in [0.15, 0.2) is 0 Å². The van der Waals surface area contributed by atoms with E-state index < -0.39 is 0 Å². The van der Waals surface area contributed by atoms with E-state index in [0.29, 0.717) is 0 Å². The molecule has 0 aliphatic heterocycles. The van der Waals surface area contributed by atoms with Crippen LogP contribution in [0.3, 0.4) is 0 Å². The van der Waals surface area contributed by atoms with Gasteiger partial charge in [-0.15, -0.1) is 0 Å². The summed E-state index contributed by atoms with van der Waals surface area (Å²) >= 11 is 4.27. The van der Waals surface area contributed by atoms with Crippen molar-refractivity contribution in [2.45, 2.75) is 91.4 Å². The molecule has 0 spiro atoms. The summed E-state index contributed by atoms with van der Waals surface area (Å²) in [6, 6.07) is 0. The molecule has 22 heavy (non-hydrogen) atoms. The van der Waals surface area contributed by atoms with Crippen molar-refractivity contribution in [3.63, 3.8) is 0 Å². The molecule has 0 aromatic heterocycles. The van der Waals surface area contributed by atoms with Crippen LogP contribution >= 0.6 is 12.6 Å². The molecule has 1 nitrogen and oxygen atoms in total. The molecule has 0 heterocycles. The summed E-state index contributed by atoms with van der Waals surface area (Å²) in [5, 5.41) is 0. The van der Waals surface area contributed by atoms with E-state index in [2.05, 4.69) is 33.4 Å². The fourth-order valence-electron chi connectivity index (χ4n) is 3.71. The average Bonchev–Trinajstić information content (AvgIpc) is 2.46. The molecule has 0 unspecified atom stereocenters. The third kappa shape index (κ3) is 13.1. The first-order valence-electron chi connectivity index (χ1n) is 9.70. The Balaban J connectivity index is 0. The van der Waals surface area contributed by atoms with E-state index in [9.17, 15) is 0 Å². The minimum atomic E-state index is 0. The van der Waals surface area contributed by atoms with Crippen LogP contribution in [0.2, 0.25) is 0 Å². The second kappa shape index (κ2) is 17.9. The van der Waals surface area contributed by atoms with Crippen molar-refractivity contribution in [3.8, 4) is 0 Å². The lowest BCUT2D eigenvalue weighted by molar-refractivity contribution is -0.928. The maximum Gasteiger partial charge on any atom is 0.0786 e. The predicted molar refractivity (Wildman–Crippen MR) is 101 cm³/mol. The molecule has 0 atom stereocenters. The highest BCUT2D eigenvalue weighted by Crippen LogP contribution is 2.16. The molecule has 0 aromatic carbocycles. The molecule has 0 N–H and O–H groups in total. The van der Waals surface area contributed by atoms with Crippen LogP contribution < -0.4 is 12.4 Å². The summed E-state index contributed by atoms with van der Waals surface area (Å²) in [5.74, 6) is 1.06. The fraction of sp³-hybridized carbons (Fsp3) is 1.00. The molecule has 0 rings (SSSR count). The van der Waals surface area contributed by atoms with Crippen molar-refractivity contribution in [2.24, 2.45) is 0 Å². The van der Waals surface area contributed by atoms with E-state index in [1.54, 1.807) is 0 Å². The van der Waals surface area contributed by atoms with Crippen LogP contribution in [0.25, 0.3) is 0 Å². The Morgan fingerprint density at radius 1 is 0.545 bits per heavy atom. The van der Waals surface area contributed by atoms with Crippen LogP contribution in [0.1, 0.15) is 91.4 Å². The molecule has 0 radical (unpaired) electrons. The summed E-state index contributed by atoms with van der Waals surface area (Å²) < 4.78 is 1.39. The fourth-order valence-corrected chi connectivity index (χ4v) is 3.94. The van der Waals surface area contributed by atoms with Gasteiger partial charge in [-0.3, -0.25) is 0 Å². The standard InChI is InChI=1S/C19H41NS.ClH/c1-4-15-20(16-5-2,17-6-3)18-13-11-9-7-8-10-12-14-19-21;/h4-19H2,1-3H3;1H. The molecule has 136 valence electrons. The summed E-state index contributed by atoms with van der Waals surface area (Å²) in [6.07, 6.45) is 15.3. The van der Waals surface area contributed by atoms with Gasteiger partial charge in [-0.2, -0.15) is 12.6 Å². The molecule has 0 amide bonds. The van der Waals surface area contributed by atoms with Crippen LogP contribution in [-0.4, -0.2) is 36.4 Å². The largest absolute Gasteiger partial charge is 1.00 e. The highest BCUT2D eigenvalue weighted by atomic mass is 35.5. The Kier molecular flexibility index (Phi) is 20.3. The highest BCUT2D eigenvalue weighted by Gasteiger charge is 2.23. The molecular weight excluding hydrogens is 310 g/mol. The van der Waals surface area contributed by atoms with Crippen molar-refractivity contribution in [1.82, 2.24) is 0 Å². The van der Waals surface area contributed by atoms with Crippen LogP contribution in [-0.2, 0) is 0 Å². The predicted octanol–water partition coefficient (Wildman–Crippen LogP) is 3.09. The van der Waals surface area contributed by atoms with E-state index in [4.69, 9.17) is 0 Å². The second-order valence-corrected chi connectivity index (χ2v) is 7.24. The van der Waals surface area contributed by atoms with E-state index in [1.165, 1.54) is 101 Å². The maximum atomic E-state index is 4.27. The highest BCUT2D eigenvalue weighted by molar-refractivity contribution is 7.80. The Morgan fingerprint density at radius 2 is 0.909 bits per heavy atom. The van der Waals surface area contributed by atoms with E-state index in [-0.39, 0.29) is 12.4 Å². The molecule has 0 fully saturated rings. The summed E-state index contributed by atoms with van der Waals surface area (Å²) in [5.41, 5.74) is 0. The van der Waals surface area contributed by atoms with Gasteiger partial charge in [0.25, 0.3) is 0 Å². The zero-order chi connectivity index (χ0) is 15.8. The Bertz CT molecular complexity index is 195. The minimum absolute atomic E-state index is 0. The number of nitrogens with zero attached hydrogens (tertiary/aromatic N) is 1. The first-order valence-corrected chi connectivity index (χ1v) is 10.3. The number of hydrogen-bond donors (Lipinski definition) is 1. The number of thiol groups is 1. The first kappa shape index (κ1) is 24.8. The van der Waals surface area contributed by atoms with E-state index in [0.717, 1.165) is 5.75 Å². The van der Waals surface area contributed by atoms with Crippen molar-refractivity contribution >= 4 is 12.6 Å². The topological polar surface area (TPSA) is 0 Å². The molecule has 0 aliphatic carbocycles. The zero-order valence-electron chi connectivity index (χ0n) is 15.6. The lowest BCUT2D eigenvalue weighted by Gasteiger charge is -2.38. The third-order valence-electron chi connectivity index (χ3n) is 4.63. The van der Waals surface area contributed by atoms with E-state index >= 15 is 0 Å². The lowest BCUT2D eigenvalue weighted by Crippen LogP contribution is -3.00. The monoisotopic (exact) mass is 351 g/mol. The Hall–Kier alpha value is 0.600. The SMILES string of the molecule is CCC[N+](CCC)(CCC)CCCCCCCCCCS.[Cl-]. The van der Waals surface area contributed by atoms with Crippen molar-refractivity contribution < 1.29 is 16.9 Å². The third-order valence-corrected chi connectivity index (χ3v) is 4.95. The van der Waals surface area contributed by atoms with Crippen LogP contribution in [0, 0.1) is 0 Å². The molecular formula is C19H42ClNS. The number of quaternary nitrogens is 1. The van der Waals surface area contributed by atoms with E-state index in [1.807, 2.05) is 0 Å². The van der Waals surface area contributed by atoms with Crippen molar-refractivity contribution in [2.75, 3.05) is 31.9 Å². The Morgan fingerprint density at radius 3 is 1.27 bits per heavy atom. The molecule has 0 saturated heterocycles. The van der Waals surface area contributed by atoms with Crippen LogP contribution in [0.4, 0.5) is 0 Å². The molecule has 0 bridgehead atoms. The number of unbranched alkanes of at least 4 members (excludes halogenated alkanes) is 7. The normalized spacial score (nSPS) is 11.5. The number of hydrogen-bond acceptors (Lipinski definition) is 1. The van der Waals surface area contributed by atoms with Gasteiger partial charge < -0.3 is 16.9 Å². The average molecular weight is 352 g/mol. The molecule has 0 aromatic rings.